The molecule has 0 saturated carbocycles. The molecule has 0 aliphatic rings. The van der Waals surface area contributed by atoms with Crippen molar-refractivity contribution in [2.45, 2.75) is 13.8 Å². The molecule has 26 heavy (non-hydrogen) atoms. The molecule has 130 valence electrons. The van der Waals surface area contributed by atoms with Gasteiger partial charge >= 0.3 is 5.97 Å². The molecule has 0 aliphatic heterocycles. The van der Waals surface area contributed by atoms with E-state index in [0.717, 1.165) is 39.6 Å². The van der Waals surface area contributed by atoms with Gasteiger partial charge in [-0.05, 0) is 49.2 Å². The van der Waals surface area contributed by atoms with Crippen molar-refractivity contribution < 1.29 is 14.6 Å². The number of hydrogen-bond acceptors (Lipinski definition) is 2. The molecular weight excluding hydrogens is 324 g/mol. The fourth-order valence-corrected chi connectivity index (χ4v) is 2.70. The first-order valence-electron chi connectivity index (χ1n) is 8.38. The maximum absolute atomic E-state index is 11.0. The van der Waals surface area contributed by atoms with Gasteiger partial charge in [0.05, 0.1) is 0 Å². The zero-order valence-corrected chi connectivity index (χ0v) is 14.8. The second-order valence-electron chi connectivity index (χ2n) is 6.17. The summed E-state index contributed by atoms with van der Waals surface area (Å²) in [5.74, 6) is 0.443. The van der Waals surface area contributed by atoms with Crippen LogP contribution in [0.5, 0.6) is 11.5 Å². The van der Waals surface area contributed by atoms with E-state index in [4.69, 9.17) is 9.84 Å². The first kappa shape index (κ1) is 17.5. The van der Waals surface area contributed by atoms with E-state index < -0.39 is 5.97 Å². The van der Waals surface area contributed by atoms with E-state index in [1.165, 1.54) is 0 Å². The second-order valence-corrected chi connectivity index (χ2v) is 6.17. The summed E-state index contributed by atoms with van der Waals surface area (Å²) < 4.78 is 6.12. The van der Waals surface area contributed by atoms with Gasteiger partial charge < -0.3 is 9.84 Å². The summed E-state index contributed by atoms with van der Waals surface area (Å²) in [6.45, 7) is 4.06. The minimum absolute atomic E-state index is 0.685. The third-order valence-corrected chi connectivity index (χ3v) is 4.05. The van der Waals surface area contributed by atoms with Crippen LogP contribution in [-0.4, -0.2) is 11.1 Å². The normalized spacial score (nSPS) is 10.8. The number of aryl methyl sites for hydroxylation is 2. The Balaban J connectivity index is 2.10. The van der Waals surface area contributed by atoms with Crippen LogP contribution in [0.3, 0.4) is 0 Å². The van der Waals surface area contributed by atoms with Crippen LogP contribution in [0.2, 0.25) is 0 Å². The molecule has 3 heteroatoms. The van der Waals surface area contributed by atoms with Crippen LogP contribution >= 0.6 is 0 Å². The molecular formula is C23H20O3. The van der Waals surface area contributed by atoms with Gasteiger partial charge in [0.1, 0.15) is 11.5 Å². The van der Waals surface area contributed by atoms with E-state index in [1.54, 1.807) is 6.08 Å². The fourth-order valence-electron chi connectivity index (χ4n) is 2.70. The number of hydrogen-bond donors (Lipinski definition) is 1. The molecule has 0 atom stereocenters. The lowest BCUT2D eigenvalue weighted by Crippen LogP contribution is -1.93. The van der Waals surface area contributed by atoms with Crippen LogP contribution in [0.1, 0.15) is 16.7 Å². The predicted molar refractivity (Wildman–Crippen MR) is 105 cm³/mol. The Bertz CT molecular complexity index is 936. The van der Waals surface area contributed by atoms with Crippen molar-refractivity contribution in [1.82, 2.24) is 0 Å². The average Bonchev–Trinajstić information content (AvgIpc) is 2.63. The first-order chi connectivity index (χ1) is 12.5. The zero-order valence-electron chi connectivity index (χ0n) is 14.8. The summed E-state index contributed by atoms with van der Waals surface area (Å²) in [6.07, 6.45) is 2.74. The number of aliphatic carboxylic acids is 1. The van der Waals surface area contributed by atoms with Crippen LogP contribution in [0.4, 0.5) is 0 Å². The Morgan fingerprint density at radius 2 is 1.50 bits per heavy atom. The lowest BCUT2D eigenvalue weighted by molar-refractivity contribution is -0.131. The lowest BCUT2D eigenvalue weighted by atomic mass is 9.97. The molecule has 0 amide bonds. The van der Waals surface area contributed by atoms with Crippen molar-refractivity contribution in [2.75, 3.05) is 0 Å². The van der Waals surface area contributed by atoms with Crippen LogP contribution < -0.4 is 4.74 Å². The molecule has 3 aromatic rings. The molecule has 0 saturated heterocycles. The SMILES string of the molecule is Cc1ccc(Oc2cccc(/C=C/C(=O)O)c2-c2ccc(C)cc2)cc1. The number of ether oxygens (including phenoxy) is 1. The molecule has 0 radical (unpaired) electrons. The van der Waals surface area contributed by atoms with E-state index in [0.29, 0.717) is 5.75 Å². The van der Waals surface area contributed by atoms with Gasteiger partial charge in [0, 0.05) is 11.6 Å². The van der Waals surface area contributed by atoms with E-state index >= 15 is 0 Å². The minimum Gasteiger partial charge on any atom is -0.478 e. The predicted octanol–water partition coefficient (Wildman–Crippen LogP) is 5.86. The van der Waals surface area contributed by atoms with Crippen molar-refractivity contribution in [1.29, 1.82) is 0 Å². The highest BCUT2D eigenvalue weighted by Crippen LogP contribution is 2.37. The Hall–Kier alpha value is -3.33. The molecule has 0 spiro atoms. The van der Waals surface area contributed by atoms with Gasteiger partial charge in [0.15, 0.2) is 0 Å². The minimum atomic E-state index is -0.982. The van der Waals surface area contributed by atoms with Crippen molar-refractivity contribution in [2.24, 2.45) is 0 Å². The van der Waals surface area contributed by atoms with E-state index in [-0.39, 0.29) is 0 Å². The maximum atomic E-state index is 11.0. The average molecular weight is 344 g/mol. The van der Waals surface area contributed by atoms with Crippen LogP contribution in [0.25, 0.3) is 17.2 Å². The van der Waals surface area contributed by atoms with Gasteiger partial charge in [-0.25, -0.2) is 4.79 Å². The highest BCUT2D eigenvalue weighted by molar-refractivity contribution is 5.89. The molecule has 3 nitrogen and oxygen atoms in total. The number of carboxylic acid groups (broad SMARTS) is 1. The van der Waals surface area contributed by atoms with Gasteiger partial charge in [-0.2, -0.15) is 0 Å². The van der Waals surface area contributed by atoms with Crippen molar-refractivity contribution in [3.63, 3.8) is 0 Å². The number of benzene rings is 3. The molecule has 3 rings (SSSR count). The topological polar surface area (TPSA) is 46.5 Å². The second kappa shape index (κ2) is 7.70. The molecule has 1 N–H and O–H groups in total. The first-order valence-corrected chi connectivity index (χ1v) is 8.38. The quantitative estimate of drug-likeness (QED) is 0.590. The van der Waals surface area contributed by atoms with Gasteiger partial charge in [-0.1, -0.05) is 59.7 Å². The molecule has 0 fully saturated rings. The number of carbonyl (C=O) groups is 1. The van der Waals surface area contributed by atoms with Crippen LogP contribution in [0, 0.1) is 13.8 Å². The molecule has 0 aromatic heterocycles. The lowest BCUT2D eigenvalue weighted by Gasteiger charge is -2.15. The van der Waals surface area contributed by atoms with Gasteiger partial charge in [-0.3, -0.25) is 0 Å². The van der Waals surface area contributed by atoms with E-state index in [9.17, 15) is 4.79 Å². The van der Waals surface area contributed by atoms with Crippen molar-refractivity contribution >= 4 is 12.0 Å². The van der Waals surface area contributed by atoms with Gasteiger partial charge in [-0.15, -0.1) is 0 Å². The summed E-state index contributed by atoms with van der Waals surface area (Å²) in [5, 5.41) is 8.99. The third-order valence-electron chi connectivity index (χ3n) is 4.05. The molecule has 0 heterocycles. The van der Waals surface area contributed by atoms with Crippen LogP contribution in [-0.2, 0) is 4.79 Å². The highest BCUT2D eigenvalue weighted by atomic mass is 16.5. The molecule has 0 bridgehead atoms. The van der Waals surface area contributed by atoms with Crippen LogP contribution in [0.15, 0.2) is 72.8 Å². The zero-order chi connectivity index (χ0) is 18.5. The largest absolute Gasteiger partial charge is 0.478 e. The molecule has 0 unspecified atom stereocenters. The summed E-state index contributed by atoms with van der Waals surface area (Å²) in [7, 11) is 0. The summed E-state index contributed by atoms with van der Waals surface area (Å²) in [5.41, 5.74) is 4.96. The summed E-state index contributed by atoms with van der Waals surface area (Å²) >= 11 is 0. The van der Waals surface area contributed by atoms with Gasteiger partial charge in [0.25, 0.3) is 0 Å². The smallest absolute Gasteiger partial charge is 0.328 e. The maximum Gasteiger partial charge on any atom is 0.328 e. The summed E-state index contributed by atoms with van der Waals surface area (Å²) in [4.78, 5) is 11.0. The molecule has 3 aromatic carbocycles. The Morgan fingerprint density at radius 1 is 0.885 bits per heavy atom. The third kappa shape index (κ3) is 4.19. The van der Waals surface area contributed by atoms with Crippen molar-refractivity contribution in [3.8, 4) is 22.6 Å². The monoisotopic (exact) mass is 344 g/mol. The Kier molecular flexibility index (Phi) is 5.18. The van der Waals surface area contributed by atoms with E-state index in [1.807, 2.05) is 80.6 Å². The molecule has 0 aliphatic carbocycles. The highest BCUT2D eigenvalue weighted by Gasteiger charge is 2.12. The fraction of sp³-hybridized carbons (Fsp3) is 0.0870. The van der Waals surface area contributed by atoms with E-state index in [2.05, 4.69) is 0 Å². The van der Waals surface area contributed by atoms with Gasteiger partial charge in [0.2, 0.25) is 0 Å². The Labute approximate surface area is 153 Å². The standard InChI is InChI=1S/C23H20O3/c1-16-6-10-19(11-7-16)23-18(12-15-22(24)25)4-3-5-21(23)26-20-13-8-17(2)9-14-20/h3-15H,1-2H3,(H,24,25)/b15-12+. The number of rotatable bonds is 5. The summed E-state index contributed by atoms with van der Waals surface area (Å²) in [6, 6.07) is 21.6. The van der Waals surface area contributed by atoms with Crippen molar-refractivity contribution in [3.05, 3.63) is 89.5 Å². The number of carboxylic acids is 1. The Morgan fingerprint density at radius 3 is 2.12 bits per heavy atom.